The molecule has 0 spiro atoms. The number of pyridine rings is 2. The van der Waals surface area contributed by atoms with Gasteiger partial charge in [0.2, 0.25) is 0 Å². The van der Waals surface area contributed by atoms with Crippen LogP contribution in [0.1, 0.15) is 36.3 Å². The molecule has 4 heterocycles. The average Bonchev–Trinajstić information content (AvgIpc) is 3.70. The Morgan fingerprint density at radius 3 is 1.77 bits per heavy atom. The van der Waals surface area contributed by atoms with Crippen LogP contribution in [0.3, 0.4) is 0 Å². The molecule has 0 radical (unpaired) electrons. The number of fused-ring (bicyclic) bond motifs is 2. The van der Waals surface area contributed by atoms with E-state index in [1.165, 1.54) is 14.2 Å². The summed E-state index contributed by atoms with van der Waals surface area (Å²) in [4.78, 5) is 55.2. The van der Waals surface area contributed by atoms with Crippen LogP contribution in [-0.4, -0.2) is 78.4 Å². The fraction of sp³-hybridized carbons (Fsp3) is 0.500. The molecule has 3 fully saturated rings. The van der Waals surface area contributed by atoms with E-state index >= 15 is 0 Å². The molecule has 5 rings (SSSR count). The fourth-order valence-electron chi connectivity index (χ4n) is 6.26. The summed E-state index contributed by atoms with van der Waals surface area (Å²) in [5.41, 5.74) is -2.21. The van der Waals surface area contributed by atoms with Gasteiger partial charge in [0.25, 0.3) is 0 Å². The molecule has 9 nitrogen and oxygen atoms in total. The molecule has 1 saturated carbocycles. The second-order valence-electron chi connectivity index (χ2n) is 9.85. The Labute approximate surface area is 204 Å². The second-order valence-corrected chi connectivity index (χ2v) is 9.85. The van der Waals surface area contributed by atoms with E-state index in [2.05, 4.69) is 14.9 Å². The number of ketones is 1. The van der Waals surface area contributed by atoms with E-state index in [1.54, 1.807) is 36.7 Å². The Kier molecular flexibility index (Phi) is 5.93. The van der Waals surface area contributed by atoms with Gasteiger partial charge < -0.3 is 9.47 Å². The molecule has 0 amide bonds. The van der Waals surface area contributed by atoms with Crippen molar-refractivity contribution in [2.45, 2.75) is 24.9 Å². The molecule has 2 aromatic heterocycles. The highest BCUT2D eigenvalue weighted by Crippen LogP contribution is 2.60. The lowest BCUT2D eigenvalue weighted by atomic mass is 9.54. The van der Waals surface area contributed by atoms with E-state index in [1.807, 2.05) is 24.1 Å². The standard InChI is InChI=1S/C26H30N4O5/c1-29-20(18-8-4-6-12-27-18)25(23(32)34-2)15-30(14-17-10-11-17)16-26(22(25)31,24(33)35-3)21(29)19-9-5-7-13-28-19/h4-9,12-13,17,20-21H,10-11,14-16H2,1-3H3/t20-,21+,25-,26+. The molecule has 0 aromatic carbocycles. The third-order valence-electron chi connectivity index (χ3n) is 7.75. The molecule has 3 aliphatic rings. The predicted molar refractivity (Wildman–Crippen MR) is 125 cm³/mol. The minimum Gasteiger partial charge on any atom is -0.468 e. The lowest BCUT2D eigenvalue weighted by molar-refractivity contribution is -0.204. The summed E-state index contributed by atoms with van der Waals surface area (Å²) < 4.78 is 10.6. The smallest absolute Gasteiger partial charge is 0.322 e. The third-order valence-corrected chi connectivity index (χ3v) is 7.75. The highest BCUT2D eigenvalue weighted by molar-refractivity contribution is 6.17. The molecule has 35 heavy (non-hydrogen) atoms. The van der Waals surface area contributed by atoms with Crippen molar-refractivity contribution in [3.63, 3.8) is 0 Å². The molecule has 9 heteroatoms. The van der Waals surface area contributed by atoms with Gasteiger partial charge in [-0.1, -0.05) is 12.1 Å². The number of carbonyl (C=O) groups excluding carboxylic acids is 3. The molecular weight excluding hydrogens is 448 g/mol. The molecule has 0 unspecified atom stereocenters. The van der Waals surface area contributed by atoms with Gasteiger partial charge >= 0.3 is 11.9 Å². The molecule has 1 aliphatic carbocycles. The zero-order valence-corrected chi connectivity index (χ0v) is 20.2. The van der Waals surface area contributed by atoms with Gasteiger partial charge in [0.1, 0.15) is 0 Å². The number of carbonyl (C=O) groups is 3. The summed E-state index contributed by atoms with van der Waals surface area (Å²) in [5, 5.41) is 0. The number of hydrogen-bond donors (Lipinski definition) is 0. The molecular formula is C26H30N4O5. The van der Waals surface area contributed by atoms with Crippen molar-refractivity contribution in [2.75, 3.05) is 40.9 Å². The van der Waals surface area contributed by atoms with Crippen molar-refractivity contribution in [1.82, 2.24) is 19.8 Å². The van der Waals surface area contributed by atoms with Gasteiger partial charge in [0.05, 0.1) is 37.7 Å². The number of ether oxygens (including phenoxy) is 2. The Morgan fingerprint density at radius 1 is 0.914 bits per heavy atom. The molecule has 2 aromatic rings. The van der Waals surface area contributed by atoms with Gasteiger partial charge in [-0.05, 0) is 50.1 Å². The van der Waals surface area contributed by atoms with E-state index in [9.17, 15) is 14.4 Å². The van der Waals surface area contributed by atoms with Gasteiger partial charge in [0.15, 0.2) is 16.6 Å². The highest BCUT2D eigenvalue weighted by Gasteiger charge is 2.75. The van der Waals surface area contributed by atoms with Gasteiger partial charge in [-0.3, -0.25) is 34.2 Å². The summed E-state index contributed by atoms with van der Waals surface area (Å²) in [7, 11) is 4.38. The summed E-state index contributed by atoms with van der Waals surface area (Å²) in [5.74, 6) is -1.34. The van der Waals surface area contributed by atoms with E-state index in [-0.39, 0.29) is 13.1 Å². The molecule has 2 bridgehead atoms. The maximum atomic E-state index is 14.7. The third kappa shape index (κ3) is 3.48. The van der Waals surface area contributed by atoms with Crippen LogP contribution in [-0.2, 0) is 23.9 Å². The first kappa shape index (κ1) is 23.6. The van der Waals surface area contributed by atoms with E-state index in [0.29, 0.717) is 23.9 Å². The summed E-state index contributed by atoms with van der Waals surface area (Å²) >= 11 is 0. The zero-order chi connectivity index (χ0) is 24.8. The number of hydrogen-bond acceptors (Lipinski definition) is 9. The van der Waals surface area contributed by atoms with Crippen LogP contribution < -0.4 is 0 Å². The van der Waals surface area contributed by atoms with E-state index < -0.39 is 40.6 Å². The molecule has 2 saturated heterocycles. The van der Waals surface area contributed by atoms with Crippen molar-refractivity contribution >= 4 is 17.7 Å². The monoisotopic (exact) mass is 478 g/mol. The summed E-state index contributed by atoms with van der Waals surface area (Å²) in [6.07, 6.45) is 5.46. The lowest BCUT2D eigenvalue weighted by Gasteiger charge is -2.60. The number of piperidine rings is 2. The van der Waals surface area contributed by atoms with Crippen LogP contribution in [0.4, 0.5) is 0 Å². The van der Waals surface area contributed by atoms with Gasteiger partial charge in [-0.2, -0.15) is 0 Å². The number of esters is 2. The van der Waals surface area contributed by atoms with E-state index in [0.717, 1.165) is 12.8 Å². The number of nitrogens with zero attached hydrogens (tertiary/aromatic N) is 4. The van der Waals surface area contributed by atoms with Crippen molar-refractivity contribution < 1.29 is 23.9 Å². The number of Topliss-reactive ketones (excluding diaryl/α,β-unsaturated/α-hetero) is 1. The Balaban J connectivity index is 1.80. The fourth-order valence-corrected chi connectivity index (χ4v) is 6.26. The van der Waals surface area contributed by atoms with E-state index in [4.69, 9.17) is 9.47 Å². The number of aromatic nitrogens is 2. The second kappa shape index (κ2) is 8.80. The minimum absolute atomic E-state index is 0.147. The number of likely N-dealkylation sites (tertiary alicyclic amines) is 2. The summed E-state index contributed by atoms with van der Waals surface area (Å²) in [6, 6.07) is 9.30. The van der Waals surface area contributed by atoms with Gasteiger partial charge in [-0.15, -0.1) is 0 Å². The molecule has 4 atom stereocenters. The molecule has 184 valence electrons. The normalized spacial score (nSPS) is 31.1. The van der Waals surface area contributed by atoms with Crippen LogP contribution >= 0.6 is 0 Å². The highest BCUT2D eigenvalue weighted by atomic mass is 16.5. The number of rotatable bonds is 6. The minimum atomic E-state index is -1.66. The zero-order valence-electron chi connectivity index (χ0n) is 20.2. The van der Waals surface area contributed by atoms with Crippen molar-refractivity contribution in [3.05, 3.63) is 60.2 Å². The average molecular weight is 479 g/mol. The lowest BCUT2D eigenvalue weighted by Crippen LogP contribution is -2.75. The maximum Gasteiger partial charge on any atom is 0.322 e. The maximum absolute atomic E-state index is 14.7. The van der Waals surface area contributed by atoms with Crippen LogP contribution in [0.5, 0.6) is 0 Å². The van der Waals surface area contributed by atoms with Crippen LogP contribution in [0.25, 0.3) is 0 Å². The first-order chi connectivity index (χ1) is 16.9. The number of methoxy groups -OCH3 is 2. The van der Waals surface area contributed by atoms with Crippen molar-refractivity contribution in [2.24, 2.45) is 16.7 Å². The van der Waals surface area contributed by atoms with Crippen LogP contribution in [0.2, 0.25) is 0 Å². The summed E-state index contributed by atoms with van der Waals surface area (Å²) in [6.45, 7) is 0.987. The van der Waals surface area contributed by atoms with Gasteiger partial charge in [0, 0.05) is 32.0 Å². The topological polar surface area (TPSA) is 102 Å². The quantitative estimate of drug-likeness (QED) is 0.454. The largest absolute Gasteiger partial charge is 0.468 e. The SMILES string of the molecule is COC(=O)[C@]12CN(CC3CC3)C[C@](C(=O)OC)(C1=O)[C@@H](c1ccccn1)N(C)[C@H]2c1ccccn1. The first-order valence-corrected chi connectivity index (χ1v) is 11.9. The van der Waals surface area contributed by atoms with Crippen LogP contribution in [0.15, 0.2) is 48.8 Å². The Bertz CT molecular complexity index is 1050. The first-order valence-electron chi connectivity index (χ1n) is 11.9. The Morgan fingerprint density at radius 2 is 1.40 bits per heavy atom. The predicted octanol–water partition coefficient (Wildman–Crippen LogP) is 1.82. The van der Waals surface area contributed by atoms with Crippen molar-refractivity contribution in [3.8, 4) is 0 Å². The molecule has 0 N–H and O–H groups in total. The van der Waals surface area contributed by atoms with Crippen molar-refractivity contribution in [1.29, 1.82) is 0 Å². The van der Waals surface area contributed by atoms with Crippen LogP contribution in [0, 0.1) is 16.7 Å². The molecule has 2 aliphatic heterocycles. The van der Waals surface area contributed by atoms with Gasteiger partial charge in [-0.25, -0.2) is 0 Å². The Hall–Kier alpha value is -3.17.